The number of hydrogen-bond acceptors (Lipinski definition) is 1. The van der Waals surface area contributed by atoms with Crippen molar-refractivity contribution in [2.75, 3.05) is 11.9 Å². The molecular weight excluding hydrogens is 377 g/mol. The first-order valence-electron chi connectivity index (χ1n) is 6.36. The summed E-state index contributed by atoms with van der Waals surface area (Å²) in [5.41, 5.74) is 0.512. The molecule has 1 aliphatic carbocycles. The second kappa shape index (κ2) is 6.35. The van der Waals surface area contributed by atoms with Crippen LogP contribution in [0.5, 0.6) is 0 Å². The van der Waals surface area contributed by atoms with Gasteiger partial charge in [0.25, 0.3) is 5.91 Å². The lowest BCUT2D eigenvalue weighted by molar-refractivity contribution is 0.0934. The minimum absolute atomic E-state index is 0.162. The summed E-state index contributed by atoms with van der Waals surface area (Å²) in [4.78, 5) is 12.1. The molecule has 1 aromatic rings. The smallest absolute Gasteiger partial charge is 0.252 e. The van der Waals surface area contributed by atoms with Gasteiger partial charge in [0.15, 0.2) is 0 Å². The summed E-state index contributed by atoms with van der Waals surface area (Å²) >= 11 is 6.82. The number of nitrogens with one attached hydrogen (secondary N) is 1. The molecule has 1 aliphatic rings. The van der Waals surface area contributed by atoms with E-state index >= 15 is 0 Å². The van der Waals surface area contributed by atoms with Crippen LogP contribution in [0.25, 0.3) is 0 Å². The van der Waals surface area contributed by atoms with Crippen molar-refractivity contribution in [3.05, 3.63) is 34.1 Å². The van der Waals surface area contributed by atoms with Crippen molar-refractivity contribution < 1.29 is 9.18 Å². The third-order valence-electron chi connectivity index (χ3n) is 3.74. The Balaban J connectivity index is 2.03. The summed E-state index contributed by atoms with van der Waals surface area (Å²) < 4.78 is 13.8. The van der Waals surface area contributed by atoms with Crippen molar-refractivity contribution in [2.24, 2.45) is 5.41 Å². The number of halogens is 3. The maximum atomic E-state index is 13.2. The molecular formula is C14H16Br2FNO. The van der Waals surface area contributed by atoms with Crippen molar-refractivity contribution in [1.29, 1.82) is 0 Å². The van der Waals surface area contributed by atoms with Gasteiger partial charge in [0.2, 0.25) is 0 Å². The van der Waals surface area contributed by atoms with E-state index in [0.717, 1.165) is 18.2 Å². The SMILES string of the molecule is O=C(NCC1(CBr)CCCC1)c1cc(F)ccc1Br. The van der Waals surface area contributed by atoms with Crippen molar-refractivity contribution in [2.45, 2.75) is 25.7 Å². The Morgan fingerprint density at radius 3 is 2.68 bits per heavy atom. The Bertz CT molecular complexity index is 473. The van der Waals surface area contributed by atoms with Gasteiger partial charge in [0.05, 0.1) is 5.56 Å². The molecule has 5 heteroatoms. The van der Waals surface area contributed by atoms with E-state index in [1.807, 2.05) is 0 Å². The fourth-order valence-electron chi connectivity index (χ4n) is 2.52. The first-order valence-corrected chi connectivity index (χ1v) is 8.27. The van der Waals surface area contributed by atoms with Gasteiger partial charge < -0.3 is 5.32 Å². The maximum absolute atomic E-state index is 13.2. The fourth-order valence-corrected chi connectivity index (χ4v) is 3.70. The zero-order valence-electron chi connectivity index (χ0n) is 10.5. The Labute approximate surface area is 129 Å². The van der Waals surface area contributed by atoms with Gasteiger partial charge >= 0.3 is 0 Å². The molecule has 0 atom stereocenters. The van der Waals surface area contributed by atoms with Gasteiger partial charge in [0.1, 0.15) is 5.82 Å². The quantitative estimate of drug-likeness (QED) is 0.761. The van der Waals surface area contributed by atoms with Crippen LogP contribution >= 0.6 is 31.9 Å². The molecule has 104 valence electrons. The number of rotatable bonds is 4. The molecule has 1 saturated carbocycles. The number of amides is 1. The highest BCUT2D eigenvalue weighted by Crippen LogP contribution is 2.39. The van der Waals surface area contributed by atoms with Crippen LogP contribution in [0.2, 0.25) is 0 Å². The minimum Gasteiger partial charge on any atom is -0.351 e. The average molecular weight is 393 g/mol. The van der Waals surface area contributed by atoms with Gasteiger partial charge in [-0.05, 0) is 52.4 Å². The van der Waals surface area contributed by atoms with Crippen LogP contribution in [0.1, 0.15) is 36.0 Å². The zero-order chi connectivity index (χ0) is 13.9. The van der Waals surface area contributed by atoms with Crippen LogP contribution in [0, 0.1) is 11.2 Å². The summed E-state index contributed by atoms with van der Waals surface area (Å²) in [6.45, 7) is 0.639. The highest BCUT2D eigenvalue weighted by atomic mass is 79.9. The van der Waals surface area contributed by atoms with Crippen LogP contribution in [-0.4, -0.2) is 17.8 Å². The average Bonchev–Trinajstić information content (AvgIpc) is 2.88. The van der Waals surface area contributed by atoms with E-state index in [4.69, 9.17) is 0 Å². The molecule has 1 amide bonds. The van der Waals surface area contributed by atoms with Gasteiger partial charge in [-0.15, -0.1) is 0 Å². The molecule has 0 saturated heterocycles. The van der Waals surface area contributed by atoms with E-state index in [1.165, 1.54) is 25.0 Å². The topological polar surface area (TPSA) is 29.1 Å². The second-order valence-corrected chi connectivity index (χ2v) is 6.56. The number of alkyl halides is 1. The molecule has 19 heavy (non-hydrogen) atoms. The maximum Gasteiger partial charge on any atom is 0.252 e. The van der Waals surface area contributed by atoms with Gasteiger partial charge in [-0.1, -0.05) is 28.8 Å². The van der Waals surface area contributed by atoms with Crippen LogP contribution < -0.4 is 5.32 Å². The largest absolute Gasteiger partial charge is 0.351 e. The predicted octanol–water partition coefficient (Wildman–Crippen LogP) is 4.27. The molecule has 2 nitrogen and oxygen atoms in total. The van der Waals surface area contributed by atoms with Gasteiger partial charge in [-0.25, -0.2) is 4.39 Å². The molecule has 0 unspecified atom stereocenters. The molecule has 0 radical (unpaired) electrons. The summed E-state index contributed by atoms with van der Waals surface area (Å²) in [6.07, 6.45) is 4.68. The molecule has 0 aromatic heterocycles. The van der Waals surface area contributed by atoms with E-state index in [9.17, 15) is 9.18 Å². The standard InChI is InChI=1S/C14H16Br2FNO/c15-8-14(5-1-2-6-14)9-18-13(19)11-7-10(17)3-4-12(11)16/h3-4,7H,1-2,5-6,8-9H2,(H,18,19). The van der Waals surface area contributed by atoms with Gasteiger partial charge in [-0.3, -0.25) is 4.79 Å². The van der Waals surface area contributed by atoms with Crippen molar-refractivity contribution in [3.63, 3.8) is 0 Å². The lowest BCUT2D eigenvalue weighted by atomic mass is 9.89. The van der Waals surface area contributed by atoms with E-state index in [-0.39, 0.29) is 11.3 Å². The minimum atomic E-state index is -0.399. The lowest BCUT2D eigenvalue weighted by Crippen LogP contribution is -2.37. The number of carbonyl (C=O) groups excluding carboxylic acids is 1. The van der Waals surface area contributed by atoms with Crippen LogP contribution in [0.4, 0.5) is 4.39 Å². The molecule has 1 aromatic carbocycles. The van der Waals surface area contributed by atoms with Gasteiger partial charge in [0, 0.05) is 16.3 Å². The number of benzene rings is 1. The zero-order valence-corrected chi connectivity index (χ0v) is 13.7. The number of carbonyl (C=O) groups is 1. The Kier molecular flexibility index (Phi) is 5.01. The Morgan fingerprint density at radius 1 is 1.37 bits per heavy atom. The number of hydrogen-bond donors (Lipinski definition) is 1. The first-order chi connectivity index (χ1) is 9.06. The molecule has 1 fully saturated rings. The second-order valence-electron chi connectivity index (χ2n) is 5.15. The Hall–Kier alpha value is -0.420. The van der Waals surface area contributed by atoms with E-state index in [0.29, 0.717) is 16.6 Å². The normalized spacial score (nSPS) is 17.4. The summed E-state index contributed by atoms with van der Waals surface area (Å²) in [7, 11) is 0. The fraction of sp³-hybridized carbons (Fsp3) is 0.500. The molecule has 2 rings (SSSR count). The molecule has 0 heterocycles. The molecule has 0 spiro atoms. The molecule has 0 bridgehead atoms. The Morgan fingerprint density at radius 2 is 2.05 bits per heavy atom. The van der Waals surface area contributed by atoms with Crippen LogP contribution in [0.3, 0.4) is 0 Å². The third kappa shape index (κ3) is 3.57. The summed E-state index contributed by atoms with van der Waals surface area (Å²) in [5, 5.41) is 3.83. The lowest BCUT2D eigenvalue weighted by Gasteiger charge is -2.26. The van der Waals surface area contributed by atoms with Crippen molar-refractivity contribution in [3.8, 4) is 0 Å². The summed E-state index contributed by atoms with van der Waals surface area (Å²) in [5.74, 6) is -0.622. The predicted molar refractivity (Wildman–Crippen MR) is 81.1 cm³/mol. The monoisotopic (exact) mass is 391 g/mol. The van der Waals surface area contributed by atoms with E-state index in [2.05, 4.69) is 37.2 Å². The molecule has 1 N–H and O–H groups in total. The first kappa shape index (κ1) is 15.0. The van der Waals surface area contributed by atoms with Crippen molar-refractivity contribution >= 4 is 37.8 Å². The van der Waals surface area contributed by atoms with E-state index < -0.39 is 5.82 Å². The van der Waals surface area contributed by atoms with Crippen LogP contribution in [-0.2, 0) is 0 Å². The van der Waals surface area contributed by atoms with Crippen LogP contribution in [0.15, 0.2) is 22.7 Å². The van der Waals surface area contributed by atoms with E-state index in [1.54, 1.807) is 6.07 Å². The van der Waals surface area contributed by atoms with Gasteiger partial charge in [-0.2, -0.15) is 0 Å². The summed E-state index contributed by atoms with van der Waals surface area (Å²) in [6, 6.07) is 4.15. The molecule has 0 aliphatic heterocycles. The highest BCUT2D eigenvalue weighted by molar-refractivity contribution is 9.10. The third-order valence-corrected chi connectivity index (χ3v) is 5.63. The van der Waals surface area contributed by atoms with Crippen molar-refractivity contribution in [1.82, 2.24) is 5.32 Å². The highest BCUT2D eigenvalue weighted by Gasteiger charge is 2.33.